The molecule has 28 heavy (non-hydrogen) atoms. The number of benzene rings is 2. The molecule has 4 nitrogen and oxygen atoms in total. The number of rotatable bonds is 8. The van der Waals surface area contributed by atoms with Crippen LogP contribution in [0.15, 0.2) is 48.5 Å². The molecule has 0 aromatic heterocycles. The minimum atomic E-state index is 0.00351. The molecule has 1 atom stereocenters. The Bertz CT molecular complexity index is 757. The van der Waals surface area contributed by atoms with Crippen LogP contribution in [0.1, 0.15) is 47.7 Å². The molecule has 150 valence electrons. The molecule has 0 aliphatic carbocycles. The van der Waals surface area contributed by atoms with Crippen LogP contribution in [0.2, 0.25) is 0 Å². The van der Waals surface area contributed by atoms with Crippen molar-refractivity contribution < 1.29 is 9.53 Å². The minimum absolute atomic E-state index is 0.00351. The van der Waals surface area contributed by atoms with Gasteiger partial charge in [0.05, 0.1) is 7.11 Å². The second-order valence-electron chi connectivity index (χ2n) is 7.89. The number of hydrogen-bond acceptors (Lipinski definition) is 3. The number of nitrogens with zero attached hydrogens (tertiary/aromatic N) is 1. The lowest BCUT2D eigenvalue weighted by Crippen LogP contribution is -2.33. The monoisotopic (exact) mass is 380 g/mol. The summed E-state index contributed by atoms with van der Waals surface area (Å²) in [5, 5.41) is 3.02. The van der Waals surface area contributed by atoms with Gasteiger partial charge in [0.2, 0.25) is 0 Å². The molecule has 4 heteroatoms. The van der Waals surface area contributed by atoms with Crippen LogP contribution >= 0.6 is 0 Å². The molecule has 0 radical (unpaired) electrons. The topological polar surface area (TPSA) is 41.6 Å². The van der Waals surface area contributed by atoms with Crippen LogP contribution in [0.3, 0.4) is 0 Å². The summed E-state index contributed by atoms with van der Waals surface area (Å²) in [5.74, 6) is 1.67. The van der Waals surface area contributed by atoms with Crippen LogP contribution in [-0.2, 0) is 13.0 Å². The average molecular weight is 381 g/mol. The molecule has 3 rings (SSSR count). The molecule has 1 saturated heterocycles. The van der Waals surface area contributed by atoms with E-state index in [9.17, 15) is 4.79 Å². The average Bonchev–Trinajstić information content (AvgIpc) is 2.72. The highest BCUT2D eigenvalue weighted by Crippen LogP contribution is 2.18. The highest BCUT2D eigenvalue weighted by molar-refractivity contribution is 5.94. The number of ether oxygens (including phenoxy) is 1. The maximum Gasteiger partial charge on any atom is 0.251 e. The zero-order valence-electron chi connectivity index (χ0n) is 17.1. The summed E-state index contributed by atoms with van der Waals surface area (Å²) in [5.41, 5.74) is 3.24. The van der Waals surface area contributed by atoms with Gasteiger partial charge in [-0.25, -0.2) is 0 Å². The molecule has 1 aliphatic heterocycles. The summed E-state index contributed by atoms with van der Waals surface area (Å²) in [6.07, 6.45) is 4.46. The maximum absolute atomic E-state index is 12.4. The van der Waals surface area contributed by atoms with E-state index in [1.165, 1.54) is 37.1 Å². The maximum atomic E-state index is 12.4. The molecule has 0 unspecified atom stereocenters. The quantitative estimate of drug-likeness (QED) is 0.695. The molecule has 2 aromatic rings. The Morgan fingerprint density at radius 1 is 1.18 bits per heavy atom. The van der Waals surface area contributed by atoms with E-state index < -0.39 is 0 Å². The van der Waals surface area contributed by atoms with Gasteiger partial charge in [-0.2, -0.15) is 0 Å². The summed E-state index contributed by atoms with van der Waals surface area (Å²) in [6.45, 7) is 6.33. The Kier molecular flexibility index (Phi) is 7.49. The molecule has 1 fully saturated rings. The number of aryl methyl sites for hydroxylation is 1. The second kappa shape index (κ2) is 10.3. The van der Waals surface area contributed by atoms with Crippen LogP contribution in [-0.4, -0.2) is 37.6 Å². The smallest absolute Gasteiger partial charge is 0.251 e. The van der Waals surface area contributed by atoms with Crippen molar-refractivity contribution in [3.63, 3.8) is 0 Å². The molecule has 0 bridgehead atoms. The molecule has 1 N–H and O–H groups in total. The SMILES string of the molecule is COc1cccc(CCCNC(=O)c2ccc(CN3CCC[C@@H](C)C3)cc2)c1. The fourth-order valence-electron chi connectivity index (χ4n) is 3.87. The molecule has 2 aromatic carbocycles. The summed E-state index contributed by atoms with van der Waals surface area (Å²) in [6, 6.07) is 16.1. The Morgan fingerprint density at radius 3 is 2.75 bits per heavy atom. The van der Waals surface area contributed by atoms with Gasteiger partial charge in [0, 0.05) is 25.2 Å². The van der Waals surface area contributed by atoms with Crippen molar-refractivity contribution in [3.8, 4) is 5.75 Å². The van der Waals surface area contributed by atoms with E-state index in [4.69, 9.17) is 4.74 Å². The van der Waals surface area contributed by atoms with Gasteiger partial charge in [-0.15, -0.1) is 0 Å². The lowest BCUT2D eigenvalue weighted by molar-refractivity contribution is 0.0953. The van der Waals surface area contributed by atoms with Crippen molar-refractivity contribution in [2.75, 3.05) is 26.7 Å². The minimum Gasteiger partial charge on any atom is -0.497 e. The van der Waals surface area contributed by atoms with Crippen molar-refractivity contribution in [1.29, 1.82) is 0 Å². The Morgan fingerprint density at radius 2 is 2.00 bits per heavy atom. The molecule has 0 saturated carbocycles. The zero-order chi connectivity index (χ0) is 19.8. The fourth-order valence-corrected chi connectivity index (χ4v) is 3.87. The predicted molar refractivity (Wildman–Crippen MR) is 114 cm³/mol. The van der Waals surface area contributed by atoms with Crippen LogP contribution < -0.4 is 10.1 Å². The fraction of sp³-hybridized carbons (Fsp3) is 0.458. The van der Waals surface area contributed by atoms with E-state index in [-0.39, 0.29) is 5.91 Å². The number of amides is 1. The molecule has 0 spiro atoms. The summed E-state index contributed by atoms with van der Waals surface area (Å²) in [7, 11) is 1.68. The van der Waals surface area contributed by atoms with Gasteiger partial charge in [-0.1, -0.05) is 31.2 Å². The first-order valence-electron chi connectivity index (χ1n) is 10.4. The van der Waals surface area contributed by atoms with E-state index in [1.807, 2.05) is 30.3 Å². The van der Waals surface area contributed by atoms with Crippen molar-refractivity contribution >= 4 is 5.91 Å². The van der Waals surface area contributed by atoms with E-state index in [2.05, 4.69) is 35.3 Å². The van der Waals surface area contributed by atoms with Crippen molar-refractivity contribution in [2.45, 2.75) is 39.2 Å². The van der Waals surface area contributed by atoms with E-state index in [0.717, 1.165) is 36.6 Å². The number of methoxy groups -OCH3 is 1. The molecule has 1 heterocycles. The predicted octanol–water partition coefficient (Wildman–Crippen LogP) is 4.29. The van der Waals surface area contributed by atoms with Gasteiger partial charge in [0.15, 0.2) is 0 Å². The van der Waals surface area contributed by atoms with Crippen LogP contribution in [0.25, 0.3) is 0 Å². The van der Waals surface area contributed by atoms with Crippen molar-refractivity contribution in [3.05, 3.63) is 65.2 Å². The highest BCUT2D eigenvalue weighted by Gasteiger charge is 2.16. The first-order chi connectivity index (χ1) is 13.6. The Balaban J connectivity index is 1.41. The third-order valence-electron chi connectivity index (χ3n) is 5.43. The zero-order valence-corrected chi connectivity index (χ0v) is 17.1. The van der Waals surface area contributed by atoms with Gasteiger partial charge in [0.1, 0.15) is 5.75 Å². The molecule has 1 aliphatic rings. The lowest BCUT2D eigenvalue weighted by atomic mass is 9.99. The highest BCUT2D eigenvalue weighted by atomic mass is 16.5. The van der Waals surface area contributed by atoms with Gasteiger partial charge in [-0.05, 0) is 73.5 Å². The second-order valence-corrected chi connectivity index (χ2v) is 7.89. The number of piperidine rings is 1. The van der Waals surface area contributed by atoms with Crippen molar-refractivity contribution in [2.24, 2.45) is 5.92 Å². The van der Waals surface area contributed by atoms with E-state index in [0.29, 0.717) is 6.54 Å². The summed E-state index contributed by atoms with van der Waals surface area (Å²) in [4.78, 5) is 14.9. The first kappa shape index (κ1) is 20.4. The van der Waals surface area contributed by atoms with Gasteiger partial charge in [0.25, 0.3) is 5.91 Å². The van der Waals surface area contributed by atoms with E-state index in [1.54, 1.807) is 7.11 Å². The largest absolute Gasteiger partial charge is 0.497 e. The van der Waals surface area contributed by atoms with Crippen LogP contribution in [0.5, 0.6) is 5.75 Å². The molecular formula is C24H32N2O2. The normalized spacial score (nSPS) is 17.3. The third kappa shape index (κ3) is 6.10. The summed E-state index contributed by atoms with van der Waals surface area (Å²) < 4.78 is 5.25. The third-order valence-corrected chi connectivity index (χ3v) is 5.43. The number of hydrogen-bond donors (Lipinski definition) is 1. The van der Waals surface area contributed by atoms with E-state index >= 15 is 0 Å². The number of nitrogens with one attached hydrogen (secondary N) is 1. The standard InChI is InChI=1S/C24H32N2O2/c1-19-6-5-15-26(17-19)18-21-10-12-22(13-11-21)24(27)25-14-4-8-20-7-3-9-23(16-20)28-2/h3,7,9-13,16,19H,4-6,8,14-15,17-18H2,1-2H3,(H,25,27)/t19-/m1/s1. The number of carbonyl (C=O) groups is 1. The number of likely N-dealkylation sites (tertiary alicyclic amines) is 1. The first-order valence-corrected chi connectivity index (χ1v) is 10.4. The van der Waals surface area contributed by atoms with Gasteiger partial charge < -0.3 is 10.1 Å². The summed E-state index contributed by atoms with van der Waals surface area (Å²) >= 11 is 0. The Labute approximate surface area is 168 Å². The molecule has 1 amide bonds. The Hall–Kier alpha value is -2.33. The van der Waals surface area contributed by atoms with Crippen LogP contribution in [0.4, 0.5) is 0 Å². The van der Waals surface area contributed by atoms with Gasteiger partial charge in [-0.3, -0.25) is 9.69 Å². The molecular weight excluding hydrogens is 348 g/mol. The van der Waals surface area contributed by atoms with Crippen LogP contribution in [0, 0.1) is 5.92 Å². The number of carbonyl (C=O) groups excluding carboxylic acids is 1. The van der Waals surface area contributed by atoms with Crippen molar-refractivity contribution in [1.82, 2.24) is 10.2 Å². The van der Waals surface area contributed by atoms with Gasteiger partial charge >= 0.3 is 0 Å². The lowest BCUT2D eigenvalue weighted by Gasteiger charge is -2.30.